The Balaban J connectivity index is 2.49. The van der Waals surface area contributed by atoms with Crippen LogP contribution in [0.4, 0.5) is 5.82 Å². The van der Waals surface area contributed by atoms with Gasteiger partial charge in [-0.05, 0) is 54.0 Å². The minimum atomic E-state index is 0.564. The summed E-state index contributed by atoms with van der Waals surface area (Å²) >= 11 is 2.33. The van der Waals surface area contributed by atoms with Crippen molar-refractivity contribution in [3.8, 4) is 11.4 Å². The zero-order valence-electron chi connectivity index (χ0n) is 12.0. The Morgan fingerprint density at radius 3 is 2.70 bits per heavy atom. The maximum absolute atomic E-state index is 4.73. The second-order valence-corrected chi connectivity index (χ2v) is 6.11. The Morgan fingerprint density at radius 2 is 2.10 bits per heavy atom. The number of hydrogen-bond donors (Lipinski definition) is 1. The quantitative estimate of drug-likeness (QED) is 0.800. The van der Waals surface area contributed by atoms with Gasteiger partial charge in [0.05, 0.1) is 9.26 Å². The Kier molecular flexibility index (Phi) is 5.28. The van der Waals surface area contributed by atoms with Gasteiger partial charge in [-0.1, -0.05) is 13.8 Å². The van der Waals surface area contributed by atoms with Crippen molar-refractivity contribution < 1.29 is 0 Å². The first-order valence-electron chi connectivity index (χ1n) is 6.82. The first-order valence-corrected chi connectivity index (χ1v) is 7.90. The van der Waals surface area contributed by atoms with Gasteiger partial charge in [-0.25, -0.2) is 9.97 Å². The highest BCUT2D eigenvalue weighted by molar-refractivity contribution is 14.1. The molecule has 106 valence electrons. The number of anilines is 1. The van der Waals surface area contributed by atoms with E-state index in [-0.39, 0.29) is 0 Å². The van der Waals surface area contributed by atoms with Crippen LogP contribution in [0.1, 0.15) is 26.5 Å². The molecule has 1 N–H and O–H groups in total. The van der Waals surface area contributed by atoms with E-state index in [1.54, 1.807) is 12.4 Å². The molecule has 0 radical (unpaired) electrons. The van der Waals surface area contributed by atoms with Crippen molar-refractivity contribution in [1.29, 1.82) is 0 Å². The Labute approximate surface area is 133 Å². The van der Waals surface area contributed by atoms with Crippen molar-refractivity contribution in [2.75, 3.05) is 11.9 Å². The highest BCUT2D eigenvalue weighted by atomic mass is 127. The van der Waals surface area contributed by atoms with Crippen molar-refractivity contribution in [3.05, 3.63) is 33.8 Å². The molecular formula is C15H19IN4. The van der Waals surface area contributed by atoms with Crippen molar-refractivity contribution >= 4 is 28.4 Å². The number of aromatic nitrogens is 3. The third-order valence-corrected chi connectivity index (χ3v) is 3.92. The predicted molar refractivity (Wildman–Crippen MR) is 90.7 cm³/mol. The molecule has 0 aliphatic heterocycles. The Hall–Kier alpha value is -1.24. The topological polar surface area (TPSA) is 50.7 Å². The molecule has 2 heterocycles. The minimum absolute atomic E-state index is 0.564. The van der Waals surface area contributed by atoms with E-state index in [9.17, 15) is 0 Å². The lowest BCUT2D eigenvalue weighted by atomic mass is 10.1. The van der Waals surface area contributed by atoms with Crippen LogP contribution in [0.5, 0.6) is 0 Å². The standard InChI is InChI=1S/C15H19IN4/c1-4-18-15-13(16)12(8-10(2)3)19-14(20-15)11-6-5-7-17-9-11/h5-7,9-10H,4,8H2,1-3H3,(H,18,19,20). The summed E-state index contributed by atoms with van der Waals surface area (Å²) in [5.41, 5.74) is 2.05. The zero-order chi connectivity index (χ0) is 14.5. The number of nitrogens with one attached hydrogen (secondary N) is 1. The Bertz CT molecular complexity index is 570. The molecule has 0 aliphatic carbocycles. The summed E-state index contributed by atoms with van der Waals surface area (Å²) in [6.45, 7) is 7.33. The van der Waals surface area contributed by atoms with Crippen LogP contribution >= 0.6 is 22.6 Å². The van der Waals surface area contributed by atoms with Gasteiger partial charge in [0.2, 0.25) is 0 Å². The third-order valence-electron chi connectivity index (χ3n) is 2.79. The molecule has 2 rings (SSSR count). The Morgan fingerprint density at radius 1 is 1.30 bits per heavy atom. The summed E-state index contributed by atoms with van der Waals surface area (Å²) in [5.74, 6) is 2.22. The molecule has 0 saturated carbocycles. The van der Waals surface area contributed by atoms with E-state index in [2.05, 4.69) is 58.6 Å². The molecule has 0 amide bonds. The second-order valence-electron chi connectivity index (χ2n) is 5.03. The number of hydrogen-bond acceptors (Lipinski definition) is 4. The van der Waals surface area contributed by atoms with Gasteiger partial charge in [-0.15, -0.1) is 0 Å². The van der Waals surface area contributed by atoms with Gasteiger partial charge in [0.1, 0.15) is 5.82 Å². The van der Waals surface area contributed by atoms with E-state index < -0.39 is 0 Å². The summed E-state index contributed by atoms with van der Waals surface area (Å²) in [5, 5.41) is 3.32. The molecule has 20 heavy (non-hydrogen) atoms. The lowest BCUT2D eigenvalue weighted by Gasteiger charge is -2.13. The first-order chi connectivity index (χ1) is 9.61. The molecule has 2 aromatic rings. The van der Waals surface area contributed by atoms with E-state index in [0.29, 0.717) is 5.92 Å². The van der Waals surface area contributed by atoms with Gasteiger partial charge in [0.25, 0.3) is 0 Å². The van der Waals surface area contributed by atoms with Gasteiger partial charge in [0, 0.05) is 24.5 Å². The van der Waals surface area contributed by atoms with Crippen LogP contribution in [0.25, 0.3) is 11.4 Å². The lowest BCUT2D eigenvalue weighted by Crippen LogP contribution is -2.09. The molecular weight excluding hydrogens is 363 g/mol. The van der Waals surface area contributed by atoms with Gasteiger partial charge >= 0.3 is 0 Å². The number of pyridine rings is 1. The van der Waals surface area contributed by atoms with E-state index in [0.717, 1.165) is 39.4 Å². The minimum Gasteiger partial charge on any atom is -0.369 e. The van der Waals surface area contributed by atoms with Crippen molar-refractivity contribution in [2.45, 2.75) is 27.2 Å². The van der Waals surface area contributed by atoms with Crippen molar-refractivity contribution in [3.63, 3.8) is 0 Å². The SMILES string of the molecule is CCNc1nc(-c2cccnc2)nc(CC(C)C)c1I. The molecule has 0 aliphatic rings. The number of halogens is 1. The summed E-state index contributed by atoms with van der Waals surface area (Å²) in [4.78, 5) is 13.5. The monoisotopic (exact) mass is 382 g/mol. The van der Waals surface area contributed by atoms with Crippen LogP contribution in [0.3, 0.4) is 0 Å². The fourth-order valence-corrected chi connectivity index (χ4v) is 2.58. The van der Waals surface area contributed by atoms with Gasteiger partial charge in [0.15, 0.2) is 5.82 Å². The van der Waals surface area contributed by atoms with Crippen molar-refractivity contribution in [2.24, 2.45) is 5.92 Å². The summed E-state index contributed by atoms with van der Waals surface area (Å²) in [6, 6.07) is 3.90. The maximum atomic E-state index is 4.73. The zero-order valence-corrected chi connectivity index (χ0v) is 14.2. The van der Waals surface area contributed by atoms with Crippen LogP contribution in [-0.2, 0) is 6.42 Å². The third kappa shape index (κ3) is 3.65. The summed E-state index contributed by atoms with van der Waals surface area (Å²) in [7, 11) is 0. The first kappa shape index (κ1) is 15.2. The van der Waals surface area contributed by atoms with Crippen molar-refractivity contribution in [1.82, 2.24) is 15.0 Å². The normalized spacial score (nSPS) is 10.8. The van der Waals surface area contributed by atoms with Gasteiger partial charge in [-0.3, -0.25) is 4.98 Å². The summed E-state index contributed by atoms with van der Waals surface area (Å²) in [6.07, 6.45) is 4.51. The maximum Gasteiger partial charge on any atom is 0.163 e. The fourth-order valence-electron chi connectivity index (χ4n) is 1.92. The highest BCUT2D eigenvalue weighted by Crippen LogP contribution is 2.25. The van der Waals surface area contributed by atoms with E-state index in [1.165, 1.54) is 0 Å². The lowest BCUT2D eigenvalue weighted by molar-refractivity contribution is 0.632. The molecule has 0 unspecified atom stereocenters. The number of rotatable bonds is 5. The van der Waals surface area contributed by atoms with Crippen LogP contribution in [0.2, 0.25) is 0 Å². The van der Waals surface area contributed by atoms with E-state index in [1.807, 2.05) is 12.1 Å². The fraction of sp³-hybridized carbons (Fsp3) is 0.400. The second kappa shape index (κ2) is 6.97. The average molecular weight is 382 g/mol. The molecule has 0 atom stereocenters. The molecule has 0 aromatic carbocycles. The van der Waals surface area contributed by atoms with E-state index in [4.69, 9.17) is 4.98 Å². The molecule has 4 nitrogen and oxygen atoms in total. The van der Waals surface area contributed by atoms with Crippen LogP contribution in [0.15, 0.2) is 24.5 Å². The van der Waals surface area contributed by atoms with Crippen LogP contribution in [0, 0.1) is 9.49 Å². The van der Waals surface area contributed by atoms with Gasteiger partial charge in [-0.2, -0.15) is 0 Å². The van der Waals surface area contributed by atoms with Gasteiger partial charge < -0.3 is 5.32 Å². The number of nitrogens with zero attached hydrogens (tertiary/aromatic N) is 3. The smallest absolute Gasteiger partial charge is 0.163 e. The molecule has 5 heteroatoms. The molecule has 0 saturated heterocycles. The van der Waals surface area contributed by atoms with Crippen LogP contribution in [-0.4, -0.2) is 21.5 Å². The molecule has 0 bridgehead atoms. The predicted octanol–water partition coefficient (Wildman–Crippen LogP) is 3.77. The van der Waals surface area contributed by atoms with Crippen LogP contribution < -0.4 is 5.32 Å². The van der Waals surface area contributed by atoms with E-state index >= 15 is 0 Å². The molecule has 0 spiro atoms. The molecule has 2 aromatic heterocycles. The average Bonchev–Trinajstić information content (AvgIpc) is 2.44. The molecule has 0 fully saturated rings. The highest BCUT2D eigenvalue weighted by Gasteiger charge is 2.14. The largest absolute Gasteiger partial charge is 0.369 e. The summed E-state index contributed by atoms with van der Waals surface area (Å²) < 4.78 is 1.12.